The summed E-state index contributed by atoms with van der Waals surface area (Å²) in [6.07, 6.45) is 1.58. The first kappa shape index (κ1) is 10.8. The largest absolute Gasteiger partial charge is 0.368 e. The Morgan fingerprint density at radius 1 is 1.62 bits per heavy atom. The maximum atomic E-state index is 11.4. The molecule has 6 heteroatoms. The average Bonchev–Trinajstić information content (AvgIpc) is 2.83. The van der Waals surface area contributed by atoms with Gasteiger partial charge in [0.2, 0.25) is 0 Å². The maximum absolute atomic E-state index is 11.4. The van der Waals surface area contributed by atoms with E-state index in [-0.39, 0.29) is 5.78 Å². The number of aryl methyl sites for hydroxylation is 1. The quantitative estimate of drug-likeness (QED) is 0.826. The number of hydrogen-bond acceptors (Lipinski definition) is 6. The van der Waals surface area contributed by atoms with Gasteiger partial charge in [-0.15, -0.1) is 0 Å². The van der Waals surface area contributed by atoms with Crippen LogP contribution < -0.4 is 5.32 Å². The zero-order valence-corrected chi connectivity index (χ0v) is 9.80. The van der Waals surface area contributed by atoms with Crippen molar-refractivity contribution >= 4 is 22.3 Å². The number of hydrogen-bond donors (Lipinski definition) is 1. The van der Waals surface area contributed by atoms with Crippen LogP contribution in [0, 0.1) is 6.92 Å². The Labute approximate surface area is 96.6 Å². The van der Waals surface area contributed by atoms with Crippen LogP contribution in [0.3, 0.4) is 0 Å². The first-order chi connectivity index (χ1) is 7.68. The van der Waals surface area contributed by atoms with E-state index in [9.17, 15) is 4.79 Å². The van der Waals surface area contributed by atoms with Gasteiger partial charge in [0.1, 0.15) is 5.00 Å². The van der Waals surface area contributed by atoms with Crippen LogP contribution in [-0.2, 0) is 6.54 Å². The molecule has 0 atom stereocenters. The average molecular weight is 237 g/mol. The summed E-state index contributed by atoms with van der Waals surface area (Å²) in [6.45, 7) is 3.87. The highest BCUT2D eigenvalue weighted by molar-refractivity contribution is 7.10. The molecule has 2 aromatic rings. The molecule has 0 aromatic carbocycles. The molecule has 0 saturated carbocycles. The van der Waals surface area contributed by atoms with Gasteiger partial charge in [-0.05, 0) is 25.4 Å². The van der Waals surface area contributed by atoms with Gasteiger partial charge in [-0.1, -0.05) is 5.16 Å². The number of carbonyl (C=O) groups excluding carboxylic acids is 1. The van der Waals surface area contributed by atoms with Gasteiger partial charge in [-0.2, -0.15) is 4.37 Å². The second-order valence-electron chi connectivity index (χ2n) is 3.36. The molecule has 0 unspecified atom stereocenters. The minimum absolute atomic E-state index is 0.0197. The van der Waals surface area contributed by atoms with Crippen molar-refractivity contribution < 1.29 is 9.32 Å². The van der Waals surface area contributed by atoms with Crippen LogP contribution in [0.15, 0.2) is 16.8 Å². The lowest BCUT2D eigenvalue weighted by atomic mass is 10.2. The molecule has 2 aromatic heterocycles. The normalized spacial score (nSPS) is 10.4. The molecular weight excluding hydrogens is 226 g/mol. The van der Waals surface area contributed by atoms with Crippen LogP contribution in [0.25, 0.3) is 0 Å². The van der Waals surface area contributed by atoms with Crippen molar-refractivity contribution in [1.29, 1.82) is 0 Å². The number of ketones is 1. The van der Waals surface area contributed by atoms with Gasteiger partial charge in [-0.25, -0.2) is 0 Å². The van der Waals surface area contributed by atoms with E-state index in [4.69, 9.17) is 4.52 Å². The molecule has 5 nitrogen and oxygen atoms in total. The van der Waals surface area contributed by atoms with Crippen molar-refractivity contribution in [2.24, 2.45) is 0 Å². The molecule has 0 radical (unpaired) electrons. The number of rotatable bonds is 4. The van der Waals surface area contributed by atoms with Crippen molar-refractivity contribution in [2.75, 3.05) is 5.32 Å². The number of aromatic nitrogens is 2. The fraction of sp³-hybridized carbons (Fsp3) is 0.300. The summed E-state index contributed by atoms with van der Waals surface area (Å²) in [6, 6.07) is 1.77. The SMILES string of the molecule is CC(=O)c1c(C)nsc1NCc1ccno1. The molecule has 0 aliphatic rings. The minimum atomic E-state index is 0.0197. The first-order valence-corrected chi connectivity index (χ1v) is 5.56. The third-order valence-corrected chi connectivity index (χ3v) is 3.03. The molecule has 0 amide bonds. The predicted molar refractivity (Wildman–Crippen MR) is 60.7 cm³/mol. The van der Waals surface area contributed by atoms with Gasteiger partial charge < -0.3 is 9.84 Å². The minimum Gasteiger partial charge on any atom is -0.368 e. The van der Waals surface area contributed by atoms with Crippen LogP contribution >= 0.6 is 11.5 Å². The third-order valence-electron chi connectivity index (χ3n) is 2.13. The standard InChI is InChI=1S/C10H11N3O2S/c1-6-9(7(2)14)10(16-13-6)11-5-8-3-4-12-15-8/h3-4,11H,5H2,1-2H3. The number of nitrogens with zero attached hydrogens (tertiary/aromatic N) is 2. The van der Waals surface area contributed by atoms with E-state index in [1.54, 1.807) is 12.3 Å². The Bertz CT molecular complexity index is 490. The smallest absolute Gasteiger partial charge is 0.164 e. The van der Waals surface area contributed by atoms with Gasteiger partial charge in [0.15, 0.2) is 11.5 Å². The van der Waals surface area contributed by atoms with E-state index in [2.05, 4.69) is 14.8 Å². The van der Waals surface area contributed by atoms with Crippen LogP contribution in [0.5, 0.6) is 0 Å². The second-order valence-corrected chi connectivity index (χ2v) is 4.13. The summed E-state index contributed by atoms with van der Waals surface area (Å²) in [5.74, 6) is 0.742. The lowest BCUT2D eigenvalue weighted by Gasteiger charge is -2.02. The Hall–Kier alpha value is -1.69. The van der Waals surface area contributed by atoms with Gasteiger partial charge >= 0.3 is 0 Å². The summed E-state index contributed by atoms with van der Waals surface area (Å²) in [7, 11) is 0. The molecule has 0 spiro atoms. The van der Waals surface area contributed by atoms with E-state index in [1.165, 1.54) is 18.5 Å². The van der Waals surface area contributed by atoms with Gasteiger partial charge in [-0.3, -0.25) is 4.79 Å². The molecule has 0 saturated heterocycles. The fourth-order valence-electron chi connectivity index (χ4n) is 1.41. The lowest BCUT2D eigenvalue weighted by Crippen LogP contribution is -2.02. The van der Waals surface area contributed by atoms with Crippen molar-refractivity contribution in [1.82, 2.24) is 9.53 Å². The van der Waals surface area contributed by atoms with Gasteiger partial charge in [0, 0.05) is 6.07 Å². The summed E-state index contributed by atoms with van der Waals surface area (Å²) in [4.78, 5) is 11.4. The van der Waals surface area contributed by atoms with Crippen molar-refractivity contribution in [3.8, 4) is 0 Å². The topological polar surface area (TPSA) is 68.0 Å². The van der Waals surface area contributed by atoms with Crippen molar-refractivity contribution in [3.05, 3.63) is 29.3 Å². The zero-order chi connectivity index (χ0) is 11.5. The van der Waals surface area contributed by atoms with E-state index >= 15 is 0 Å². The molecule has 2 heterocycles. The molecule has 0 aliphatic carbocycles. The van der Waals surface area contributed by atoms with Crippen LogP contribution in [-0.4, -0.2) is 15.3 Å². The molecule has 0 bridgehead atoms. The van der Waals surface area contributed by atoms with Gasteiger partial charge in [0.25, 0.3) is 0 Å². The van der Waals surface area contributed by atoms with E-state index in [0.29, 0.717) is 12.1 Å². The number of nitrogens with one attached hydrogen (secondary N) is 1. The number of Topliss-reactive ketones (excluding diaryl/α,β-unsaturated/α-hetero) is 1. The van der Waals surface area contributed by atoms with E-state index in [0.717, 1.165) is 16.5 Å². The maximum Gasteiger partial charge on any atom is 0.164 e. The lowest BCUT2D eigenvalue weighted by molar-refractivity contribution is 0.101. The highest BCUT2D eigenvalue weighted by Crippen LogP contribution is 2.25. The zero-order valence-electron chi connectivity index (χ0n) is 8.98. The Balaban J connectivity index is 2.13. The molecule has 84 valence electrons. The molecule has 0 aliphatic heterocycles. The van der Waals surface area contributed by atoms with Crippen LogP contribution in [0.1, 0.15) is 28.7 Å². The monoisotopic (exact) mass is 237 g/mol. The summed E-state index contributed by atoms with van der Waals surface area (Å²) >= 11 is 1.28. The third kappa shape index (κ3) is 2.11. The fourth-order valence-corrected chi connectivity index (χ4v) is 2.24. The second kappa shape index (κ2) is 4.44. The molecule has 0 fully saturated rings. The summed E-state index contributed by atoms with van der Waals surface area (Å²) in [5, 5.41) is 7.50. The number of carbonyl (C=O) groups is 1. The number of anilines is 1. The first-order valence-electron chi connectivity index (χ1n) is 4.79. The Kier molecular flexibility index (Phi) is 3.00. The van der Waals surface area contributed by atoms with Crippen molar-refractivity contribution in [3.63, 3.8) is 0 Å². The summed E-state index contributed by atoms with van der Waals surface area (Å²) in [5.41, 5.74) is 1.42. The molecule has 16 heavy (non-hydrogen) atoms. The van der Waals surface area contributed by atoms with Crippen LogP contribution in [0.2, 0.25) is 0 Å². The van der Waals surface area contributed by atoms with Crippen molar-refractivity contribution in [2.45, 2.75) is 20.4 Å². The summed E-state index contributed by atoms with van der Waals surface area (Å²) < 4.78 is 9.10. The molecule has 1 N–H and O–H groups in total. The van der Waals surface area contributed by atoms with Gasteiger partial charge in [0.05, 0.1) is 24.0 Å². The molecule has 2 rings (SSSR count). The highest BCUT2D eigenvalue weighted by atomic mass is 32.1. The Morgan fingerprint density at radius 3 is 3.06 bits per heavy atom. The Morgan fingerprint density at radius 2 is 2.44 bits per heavy atom. The highest BCUT2D eigenvalue weighted by Gasteiger charge is 2.14. The predicted octanol–water partition coefficient (Wildman–Crippen LogP) is 2.25. The van der Waals surface area contributed by atoms with E-state index in [1.807, 2.05) is 6.92 Å². The van der Waals surface area contributed by atoms with Crippen LogP contribution in [0.4, 0.5) is 5.00 Å². The van der Waals surface area contributed by atoms with E-state index < -0.39 is 0 Å². The molecular formula is C10H11N3O2S.